The Morgan fingerprint density at radius 2 is 1.42 bits per heavy atom. The molecule has 3 aromatic rings. The number of aromatic nitrogens is 1. The molecule has 2 aromatic carbocycles. The van der Waals surface area contributed by atoms with Gasteiger partial charge in [-0.1, -0.05) is 83.1 Å². The molecule has 0 fully saturated rings. The van der Waals surface area contributed by atoms with Crippen LogP contribution in [-0.2, 0) is 6.42 Å². The molecule has 0 N–H and O–H groups in total. The Balaban J connectivity index is 1.56. The third kappa shape index (κ3) is 7.99. The summed E-state index contributed by atoms with van der Waals surface area (Å²) in [6.45, 7) is 5.18. The first-order valence-corrected chi connectivity index (χ1v) is 12.7. The molecular formula is C30H38FNO. The van der Waals surface area contributed by atoms with Crippen molar-refractivity contribution in [2.45, 2.75) is 78.1 Å². The summed E-state index contributed by atoms with van der Waals surface area (Å²) >= 11 is 0. The van der Waals surface area contributed by atoms with Crippen LogP contribution in [0.4, 0.5) is 4.39 Å². The van der Waals surface area contributed by atoms with Crippen molar-refractivity contribution in [2.24, 2.45) is 0 Å². The number of hydrogen-bond donors (Lipinski definition) is 0. The summed E-state index contributed by atoms with van der Waals surface area (Å²) in [4.78, 5) is 4.54. The average Bonchev–Trinajstić information content (AvgIpc) is 2.85. The highest BCUT2D eigenvalue weighted by molar-refractivity contribution is 5.67. The maximum absolute atomic E-state index is 14.8. The summed E-state index contributed by atoms with van der Waals surface area (Å²) in [5, 5.41) is 0. The lowest BCUT2D eigenvalue weighted by Crippen LogP contribution is -1.96. The molecule has 0 unspecified atom stereocenters. The van der Waals surface area contributed by atoms with Gasteiger partial charge < -0.3 is 4.74 Å². The van der Waals surface area contributed by atoms with Gasteiger partial charge in [0.1, 0.15) is 11.6 Å². The van der Waals surface area contributed by atoms with Gasteiger partial charge in [-0.15, -0.1) is 0 Å². The van der Waals surface area contributed by atoms with Crippen LogP contribution in [-0.4, -0.2) is 11.6 Å². The van der Waals surface area contributed by atoms with Gasteiger partial charge in [0, 0.05) is 17.3 Å². The molecule has 0 aliphatic rings. The van der Waals surface area contributed by atoms with E-state index in [1.165, 1.54) is 44.9 Å². The Labute approximate surface area is 199 Å². The first-order chi connectivity index (χ1) is 16.2. The minimum atomic E-state index is -0.191. The SMILES string of the molecule is CCCCCCCCc1ccc(-c2ccc(-c3ccc(OCCCCC)cc3)cn2)c(F)c1. The number of hydrogen-bond acceptors (Lipinski definition) is 2. The predicted molar refractivity (Wildman–Crippen MR) is 137 cm³/mol. The fourth-order valence-corrected chi connectivity index (χ4v) is 4.04. The largest absolute Gasteiger partial charge is 0.494 e. The van der Waals surface area contributed by atoms with Crippen molar-refractivity contribution >= 4 is 0 Å². The first-order valence-electron chi connectivity index (χ1n) is 12.7. The van der Waals surface area contributed by atoms with E-state index < -0.39 is 0 Å². The molecule has 0 bridgehead atoms. The van der Waals surface area contributed by atoms with Gasteiger partial charge in [0.25, 0.3) is 0 Å². The number of ether oxygens (including phenoxy) is 1. The Hall–Kier alpha value is -2.68. The van der Waals surface area contributed by atoms with Gasteiger partial charge in [-0.3, -0.25) is 4.98 Å². The highest BCUT2D eigenvalue weighted by atomic mass is 19.1. The van der Waals surface area contributed by atoms with Crippen LogP contribution in [0.3, 0.4) is 0 Å². The van der Waals surface area contributed by atoms with Crippen molar-refractivity contribution in [3.63, 3.8) is 0 Å². The molecule has 0 amide bonds. The number of halogens is 1. The Bertz CT molecular complexity index is 950. The van der Waals surface area contributed by atoms with Gasteiger partial charge in [0.05, 0.1) is 12.3 Å². The van der Waals surface area contributed by atoms with Gasteiger partial charge in [0.2, 0.25) is 0 Å². The Morgan fingerprint density at radius 1 is 0.727 bits per heavy atom. The molecular weight excluding hydrogens is 409 g/mol. The van der Waals surface area contributed by atoms with Crippen LogP contribution < -0.4 is 4.74 Å². The topological polar surface area (TPSA) is 22.1 Å². The summed E-state index contributed by atoms with van der Waals surface area (Å²) in [7, 11) is 0. The van der Waals surface area contributed by atoms with Crippen LogP contribution in [0.15, 0.2) is 60.8 Å². The highest BCUT2D eigenvalue weighted by Gasteiger charge is 2.09. The maximum atomic E-state index is 14.8. The molecule has 1 heterocycles. The summed E-state index contributed by atoms with van der Waals surface area (Å²) in [6.07, 6.45) is 13.7. The molecule has 1 aromatic heterocycles. The number of nitrogens with zero attached hydrogens (tertiary/aromatic N) is 1. The smallest absolute Gasteiger partial charge is 0.132 e. The third-order valence-corrected chi connectivity index (χ3v) is 6.10. The van der Waals surface area contributed by atoms with Crippen molar-refractivity contribution < 1.29 is 9.13 Å². The molecule has 2 nitrogen and oxygen atoms in total. The van der Waals surface area contributed by atoms with E-state index in [2.05, 4.69) is 18.8 Å². The van der Waals surface area contributed by atoms with Crippen molar-refractivity contribution in [3.05, 3.63) is 72.2 Å². The zero-order chi connectivity index (χ0) is 23.3. The van der Waals surface area contributed by atoms with Crippen LogP contribution in [0.25, 0.3) is 22.4 Å². The second-order valence-corrected chi connectivity index (χ2v) is 8.84. The van der Waals surface area contributed by atoms with E-state index in [4.69, 9.17) is 4.74 Å². The van der Waals surface area contributed by atoms with Gasteiger partial charge in [0.15, 0.2) is 0 Å². The lowest BCUT2D eigenvalue weighted by atomic mass is 10.0. The van der Waals surface area contributed by atoms with Crippen LogP contribution in [0.5, 0.6) is 5.75 Å². The van der Waals surface area contributed by atoms with Crippen LogP contribution in [0.2, 0.25) is 0 Å². The Kier molecular flexibility index (Phi) is 10.4. The summed E-state index contributed by atoms with van der Waals surface area (Å²) in [5.74, 6) is 0.700. The number of aryl methyl sites for hydroxylation is 1. The van der Waals surface area contributed by atoms with E-state index in [1.54, 1.807) is 6.07 Å². The van der Waals surface area contributed by atoms with E-state index in [0.717, 1.165) is 48.3 Å². The van der Waals surface area contributed by atoms with Crippen molar-refractivity contribution in [1.29, 1.82) is 0 Å². The molecule has 176 valence electrons. The lowest BCUT2D eigenvalue weighted by molar-refractivity contribution is 0.306. The molecule has 0 atom stereocenters. The van der Waals surface area contributed by atoms with Crippen molar-refractivity contribution in [3.8, 4) is 28.1 Å². The second kappa shape index (κ2) is 13.8. The van der Waals surface area contributed by atoms with E-state index in [0.29, 0.717) is 11.3 Å². The molecule has 0 saturated heterocycles. The molecule has 0 saturated carbocycles. The molecule has 0 aliphatic heterocycles. The van der Waals surface area contributed by atoms with E-state index in [-0.39, 0.29) is 5.82 Å². The quantitative estimate of drug-likeness (QED) is 0.230. The van der Waals surface area contributed by atoms with Gasteiger partial charge >= 0.3 is 0 Å². The van der Waals surface area contributed by atoms with Crippen LogP contribution in [0, 0.1) is 5.82 Å². The first kappa shape index (κ1) is 25.0. The Morgan fingerprint density at radius 3 is 2.12 bits per heavy atom. The van der Waals surface area contributed by atoms with Crippen molar-refractivity contribution in [2.75, 3.05) is 6.61 Å². The maximum Gasteiger partial charge on any atom is 0.132 e. The standard InChI is InChI=1S/C30H38FNO/c1-3-5-7-8-9-10-12-24-13-19-28(29(31)22-24)30-20-16-26(23-32-30)25-14-17-27(18-15-25)33-21-11-6-4-2/h13-20,22-23H,3-12,21H2,1-2H3. The molecule has 3 rings (SSSR count). The van der Waals surface area contributed by atoms with Crippen LogP contribution in [0.1, 0.15) is 77.2 Å². The van der Waals surface area contributed by atoms with Crippen molar-refractivity contribution in [1.82, 2.24) is 4.98 Å². The molecule has 3 heteroatoms. The number of unbranched alkanes of at least 4 members (excludes halogenated alkanes) is 7. The summed E-state index contributed by atoms with van der Waals surface area (Å²) < 4.78 is 20.6. The van der Waals surface area contributed by atoms with Gasteiger partial charge in [-0.2, -0.15) is 0 Å². The average molecular weight is 448 g/mol. The molecule has 0 spiro atoms. The fraction of sp³-hybridized carbons (Fsp3) is 0.433. The zero-order valence-corrected chi connectivity index (χ0v) is 20.3. The lowest BCUT2D eigenvalue weighted by Gasteiger charge is -2.09. The number of benzene rings is 2. The minimum Gasteiger partial charge on any atom is -0.494 e. The summed E-state index contributed by atoms with van der Waals surface area (Å²) in [5.41, 5.74) is 4.38. The second-order valence-electron chi connectivity index (χ2n) is 8.84. The highest BCUT2D eigenvalue weighted by Crippen LogP contribution is 2.27. The minimum absolute atomic E-state index is 0.191. The van der Waals surface area contributed by atoms with Crippen LogP contribution >= 0.6 is 0 Å². The fourth-order valence-electron chi connectivity index (χ4n) is 4.04. The molecule has 0 aliphatic carbocycles. The molecule has 33 heavy (non-hydrogen) atoms. The summed E-state index contributed by atoms with van der Waals surface area (Å²) in [6, 6.07) is 17.6. The van der Waals surface area contributed by atoms with E-state index >= 15 is 0 Å². The van der Waals surface area contributed by atoms with Gasteiger partial charge in [-0.25, -0.2) is 4.39 Å². The number of pyridine rings is 1. The normalized spacial score (nSPS) is 11.0. The van der Waals surface area contributed by atoms with Gasteiger partial charge in [-0.05, 0) is 60.7 Å². The predicted octanol–water partition coefficient (Wildman–Crippen LogP) is 9.03. The zero-order valence-electron chi connectivity index (χ0n) is 20.3. The van der Waals surface area contributed by atoms with E-state index in [1.807, 2.05) is 54.7 Å². The van der Waals surface area contributed by atoms with E-state index in [9.17, 15) is 4.39 Å². The third-order valence-electron chi connectivity index (χ3n) is 6.10. The molecule has 0 radical (unpaired) electrons. The number of rotatable bonds is 14. The monoisotopic (exact) mass is 447 g/mol.